The van der Waals surface area contributed by atoms with E-state index in [4.69, 9.17) is 5.73 Å². The Morgan fingerprint density at radius 1 is 1.33 bits per heavy atom. The topological polar surface area (TPSA) is 26.0 Å². The van der Waals surface area contributed by atoms with Crippen LogP contribution in [-0.4, -0.2) is 17.3 Å². The van der Waals surface area contributed by atoms with Gasteiger partial charge in [-0.05, 0) is 12.3 Å². The lowest BCUT2D eigenvalue weighted by Crippen LogP contribution is -2.27. The highest BCUT2D eigenvalue weighted by Crippen LogP contribution is 2.30. The molecule has 1 atom stereocenters. The van der Waals surface area contributed by atoms with E-state index in [1.807, 2.05) is 13.8 Å². The van der Waals surface area contributed by atoms with Crippen molar-refractivity contribution < 1.29 is 13.2 Å². The Kier molecular flexibility index (Phi) is 5.01. The number of nitrogens with two attached hydrogens (primary N) is 1. The van der Waals surface area contributed by atoms with E-state index in [1.54, 1.807) is 0 Å². The molecule has 0 aromatic heterocycles. The first-order valence-electron chi connectivity index (χ1n) is 3.79. The second-order valence-electron chi connectivity index (χ2n) is 2.99. The molecule has 0 heterocycles. The minimum atomic E-state index is -4.11. The van der Waals surface area contributed by atoms with Crippen LogP contribution in [0.15, 0.2) is 0 Å². The van der Waals surface area contributed by atoms with Crippen LogP contribution in [0.1, 0.15) is 20.3 Å². The monoisotopic (exact) mass is 201 g/mol. The molecule has 0 bridgehead atoms. The molecule has 0 aromatic rings. The minimum absolute atomic E-state index is 0.000694. The van der Waals surface area contributed by atoms with Crippen LogP contribution < -0.4 is 5.73 Å². The summed E-state index contributed by atoms with van der Waals surface area (Å²) in [7, 11) is 0. The van der Waals surface area contributed by atoms with Gasteiger partial charge in [-0.15, -0.1) is 0 Å². The summed E-state index contributed by atoms with van der Waals surface area (Å²) in [5, 5.41) is 0. The largest absolute Gasteiger partial charge is 0.441 e. The van der Waals surface area contributed by atoms with Crippen molar-refractivity contribution in [1.82, 2.24) is 0 Å². The Bertz CT molecular complexity index is 124. The second kappa shape index (κ2) is 4.97. The molecule has 0 aliphatic rings. The quantitative estimate of drug-likeness (QED) is 0.756. The van der Waals surface area contributed by atoms with Gasteiger partial charge in [0, 0.05) is 11.8 Å². The van der Waals surface area contributed by atoms with E-state index >= 15 is 0 Å². The van der Waals surface area contributed by atoms with Gasteiger partial charge < -0.3 is 5.73 Å². The molecule has 0 saturated carbocycles. The summed E-state index contributed by atoms with van der Waals surface area (Å²) < 4.78 is 34.9. The number of halogens is 3. The summed E-state index contributed by atoms with van der Waals surface area (Å²) in [6, 6.07) is -0.125. The van der Waals surface area contributed by atoms with Gasteiger partial charge >= 0.3 is 5.51 Å². The van der Waals surface area contributed by atoms with Crippen molar-refractivity contribution in [2.75, 3.05) is 5.75 Å². The van der Waals surface area contributed by atoms with Crippen LogP contribution in [0, 0.1) is 5.92 Å². The van der Waals surface area contributed by atoms with Crippen LogP contribution in [0.3, 0.4) is 0 Å². The molecule has 0 saturated heterocycles. The summed E-state index contributed by atoms with van der Waals surface area (Å²) in [6.45, 7) is 3.81. The number of hydrogen-bond donors (Lipinski definition) is 1. The van der Waals surface area contributed by atoms with Gasteiger partial charge in [-0.1, -0.05) is 25.6 Å². The van der Waals surface area contributed by atoms with Crippen LogP contribution in [0.2, 0.25) is 0 Å². The second-order valence-corrected chi connectivity index (χ2v) is 4.15. The van der Waals surface area contributed by atoms with Crippen LogP contribution in [0.4, 0.5) is 13.2 Å². The maximum Gasteiger partial charge on any atom is 0.441 e. The average Bonchev–Trinajstić information content (AvgIpc) is 1.84. The van der Waals surface area contributed by atoms with E-state index in [0.717, 1.165) is 0 Å². The standard InChI is InChI=1S/C7H14F3NS/c1-5(2)6(11)3-4-12-7(8,9)10/h5-6H,3-4,11H2,1-2H3. The molecule has 1 nitrogen and oxygen atoms in total. The molecule has 0 rings (SSSR count). The Hall–Kier alpha value is 0.100. The van der Waals surface area contributed by atoms with E-state index in [2.05, 4.69) is 0 Å². The lowest BCUT2D eigenvalue weighted by Gasteiger charge is -2.15. The molecular formula is C7H14F3NS. The van der Waals surface area contributed by atoms with Crippen molar-refractivity contribution in [1.29, 1.82) is 0 Å². The van der Waals surface area contributed by atoms with Gasteiger partial charge in [-0.25, -0.2) is 0 Å². The third-order valence-electron chi connectivity index (χ3n) is 1.57. The van der Waals surface area contributed by atoms with Gasteiger partial charge in [-0.3, -0.25) is 0 Å². The van der Waals surface area contributed by atoms with Crippen molar-refractivity contribution >= 4 is 11.8 Å². The predicted molar refractivity (Wildman–Crippen MR) is 45.9 cm³/mol. The van der Waals surface area contributed by atoms with E-state index in [1.165, 1.54) is 0 Å². The van der Waals surface area contributed by atoms with E-state index < -0.39 is 5.51 Å². The first-order chi connectivity index (χ1) is 5.33. The fraction of sp³-hybridized carbons (Fsp3) is 1.00. The SMILES string of the molecule is CC(C)C(N)CCSC(F)(F)F. The molecule has 0 fully saturated rings. The first-order valence-corrected chi connectivity index (χ1v) is 4.77. The average molecular weight is 201 g/mol. The molecule has 5 heteroatoms. The van der Waals surface area contributed by atoms with Crippen molar-refractivity contribution in [3.8, 4) is 0 Å². The lowest BCUT2D eigenvalue weighted by atomic mass is 10.0. The summed E-state index contributed by atoms with van der Waals surface area (Å²) in [5.74, 6) is 0.307. The van der Waals surface area contributed by atoms with E-state index in [-0.39, 0.29) is 29.5 Å². The molecule has 0 spiro atoms. The van der Waals surface area contributed by atoms with Crippen molar-refractivity contribution in [2.45, 2.75) is 31.8 Å². The zero-order valence-corrected chi connectivity index (χ0v) is 8.00. The van der Waals surface area contributed by atoms with Gasteiger partial charge in [0.05, 0.1) is 0 Å². The Morgan fingerprint density at radius 2 is 1.83 bits per heavy atom. The van der Waals surface area contributed by atoms with Gasteiger partial charge in [0.1, 0.15) is 0 Å². The third-order valence-corrected chi connectivity index (χ3v) is 2.34. The number of alkyl halides is 3. The summed E-state index contributed by atoms with van der Waals surface area (Å²) in [5.41, 5.74) is 1.45. The molecule has 2 N–H and O–H groups in total. The van der Waals surface area contributed by atoms with Gasteiger partial charge in [-0.2, -0.15) is 13.2 Å². The normalized spacial score (nSPS) is 15.2. The summed E-state index contributed by atoms with van der Waals surface area (Å²) in [4.78, 5) is 0. The predicted octanol–water partition coefficient (Wildman–Crippen LogP) is 2.61. The highest BCUT2D eigenvalue weighted by atomic mass is 32.2. The fourth-order valence-electron chi connectivity index (χ4n) is 0.644. The smallest absolute Gasteiger partial charge is 0.327 e. The number of hydrogen-bond acceptors (Lipinski definition) is 2. The Labute approximate surface area is 74.9 Å². The molecule has 0 amide bonds. The van der Waals surface area contributed by atoms with Crippen LogP contribution in [0.25, 0.3) is 0 Å². The first kappa shape index (κ1) is 12.1. The zero-order chi connectivity index (χ0) is 9.78. The minimum Gasteiger partial charge on any atom is -0.327 e. The van der Waals surface area contributed by atoms with Crippen molar-refractivity contribution in [3.05, 3.63) is 0 Å². The molecule has 1 unspecified atom stereocenters. The molecule has 0 radical (unpaired) electrons. The highest BCUT2D eigenvalue weighted by molar-refractivity contribution is 8.00. The molecule has 0 aliphatic carbocycles. The van der Waals surface area contributed by atoms with Crippen molar-refractivity contribution in [2.24, 2.45) is 11.7 Å². The highest BCUT2D eigenvalue weighted by Gasteiger charge is 2.27. The summed E-state index contributed by atoms with van der Waals surface area (Å²) >= 11 is -0.000694. The molecule has 0 aliphatic heterocycles. The maximum absolute atomic E-state index is 11.6. The van der Waals surface area contributed by atoms with Gasteiger partial charge in [0.2, 0.25) is 0 Å². The van der Waals surface area contributed by atoms with E-state index in [0.29, 0.717) is 6.42 Å². The van der Waals surface area contributed by atoms with Crippen molar-refractivity contribution in [3.63, 3.8) is 0 Å². The number of rotatable bonds is 4. The maximum atomic E-state index is 11.6. The molecule has 12 heavy (non-hydrogen) atoms. The van der Waals surface area contributed by atoms with Crippen LogP contribution in [-0.2, 0) is 0 Å². The molecular weight excluding hydrogens is 187 g/mol. The Balaban J connectivity index is 3.44. The zero-order valence-electron chi connectivity index (χ0n) is 7.19. The van der Waals surface area contributed by atoms with Gasteiger partial charge in [0.15, 0.2) is 0 Å². The third kappa shape index (κ3) is 6.79. The lowest BCUT2D eigenvalue weighted by molar-refractivity contribution is -0.0328. The molecule has 74 valence electrons. The van der Waals surface area contributed by atoms with Crippen LogP contribution >= 0.6 is 11.8 Å². The summed E-state index contributed by atoms with van der Waals surface area (Å²) in [6.07, 6.45) is 0.418. The van der Waals surface area contributed by atoms with Crippen LogP contribution in [0.5, 0.6) is 0 Å². The van der Waals surface area contributed by atoms with E-state index in [9.17, 15) is 13.2 Å². The number of thioether (sulfide) groups is 1. The molecule has 0 aromatic carbocycles. The fourth-order valence-corrected chi connectivity index (χ4v) is 1.27. The Morgan fingerprint density at radius 3 is 2.17 bits per heavy atom. The van der Waals surface area contributed by atoms with Gasteiger partial charge in [0.25, 0.3) is 0 Å².